The van der Waals surface area contributed by atoms with Gasteiger partial charge in [0.25, 0.3) is 0 Å². The lowest BCUT2D eigenvalue weighted by molar-refractivity contribution is -0.0475. The molecule has 19 heavy (non-hydrogen) atoms. The molecule has 0 aliphatic heterocycles. The maximum absolute atomic E-state index is 6.28. The third-order valence-electron chi connectivity index (χ3n) is 6.53. The lowest BCUT2D eigenvalue weighted by Crippen LogP contribution is -2.37. The number of ether oxygens (including phenoxy) is 1. The van der Waals surface area contributed by atoms with Gasteiger partial charge < -0.3 is 4.74 Å². The van der Waals surface area contributed by atoms with Crippen LogP contribution < -0.4 is 0 Å². The van der Waals surface area contributed by atoms with E-state index in [1.807, 2.05) is 0 Å². The minimum Gasteiger partial charge on any atom is -0.378 e. The average molecular weight is 266 g/mol. The van der Waals surface area contributed by atoms with E-state index in [1.165, 1.54) is 57.8 Å². The molecule has 1 nitrogen and oxygen atoms in total. The zero-order valence-corrected chi connectivity index (χ0v) is 13.6. The normalized spacial score (nSPS) is 36.0. The molecular formula is C18H34O. The van der Waals surface area contributed by atoms with Crippen LogP contribution >= 0.6 is 0 Å². The number of hydrogen-bond donors (Lipinski definition) is 0. The first-order valence-corrected chi connectivity index (χ1v) is 8.64. The van der Waals surface area contributed by atoms with Crippen LogP contribution in [0.4, 0.5) is 0 Å². The largest absolute Gasteiger partial charge is 0.378 e. The molecule has 0 aromatic heterocycles. The zero-order chi connectivity index (χ0) is 13.9. The second kappa shape index (κ2) is 6.16. The van der Waals surface area contributed by atoms with Crippen LogP contribution in [-0.2, 0) is 4.74 Å². The summed E-state index contributed by atoms with van der Waals surface area (Å²) in [6.45, 7) is 10.7. The highest BCUT2D eigenvalue weighted by Crippen LogP contribution is 2.66. The van der Waals surface area contributed by atoms with Gasteiger partial charge in [0, 0.05) is 6.61 Å². The van der Waals surface area contributed by atoms with Crippen molar-refractivity contribution in [1.29, 1.82) is 0 Å². The van der Waals surface area contributed by atoms with Crippen molar-refractivity contribution in [1.82, 2.24) is 0 Å². The van der Waals surface area contributed by atoms with Crippen molar-refractivity contribution in [3.05, 3.63) is 0 Å². The first-order valence-electron chi connectivity index (χ1n) is 8.64. The quantitative estimate of drug-likeness (QED) is 0.521. The molecule has 2 rings (SSSR count). The summed E-state index contributed by atoms with van der Waals surface area (Å²) in [4.78, 5) is 0. The van der Waals surface area contributed by atoms with E-state index in [4.69, 9.17) is 4.74 Å². The Morgan fingerprint density at radius 1 is 1.00 bits per heavy atom. The minimum absolute atomic E-state index is 0.444. The first-order chi connectivity index (χ1) is 9.02. The molecule has 0 amide bonds. The number of rotatable bonds is 8. The summed E-state index contributed by atoms with van der Waals surface area (Å²) >= 11 is 0. The Kier molecular flexibility index (Phi) is 4.98. The van der Waals surface area contributed by atoms with Gasteiger partial charge in [-0.2, -0.15) is 0 Å². The third kappa shape index (κ3) is 2.86. The maximum atomic E-state index is 6.28. The molecule has 0 aromatic carbocycles. The van der Waals surface area contributed by atoms with Crippen molar-refractivity contribution in [2.45, 2.75) is 91.6 Å². The van der Waals surface area contributed by atoms with E-state index in [2.05, 4.69) is 27.7 Å². The molecule has 0 radical (unpaired) electrons. The van der Waals surface area contributed by atoms with Gasteiger partial charge in [-0.1, -0.05) is 59.8 Å². The van der Waals surface area contributed by atoms with Gasteiger partial charge in [0.1, 0.15) is 0 Å². The van der Waals surface area contributed by atoms with Gasteiger partial charge in [-0.05, 0) is 42.4 Å². The fourth-order valence-electron chi connectivity index (χ4n) is 4.49. The number of hydrogen-bond acceptors (Lipinski definition) is 1. The predicted molar refractivity (Wildman–Crippen MR) is 82.3 cm³/mol. The summed E-state index contributed by atoms with van der Waals surface area (Å²) < 4.78 is 6.28. The Balaban J connectivity index is 1.65. The average Bonchev–Trinajstić information content (AvgIpc) is 2.70. The number of fused-ring (bicyclic) bond motifs is 2. The topological polar surface area (TPSA) is 9.23 Å². The van der Waals surface area contributed by atoms with Crippen LogP contribution in [0.25, 0.3) is 0 Å². The molecule has 1 heteroatoms. The maximum Gasteiger partial charge on any atom is 0.0636 e. The second-order valence-electron chi connectivity index (χ2n) is 7.74. The van der Waals surface area contributed by atoms with Crippen LogP contribution in [0.5, 0.6) is 0 Å². The lowest BCUT2D eigenvalue weighted by Gasteiger charge is -2.39. The van der Waals surface area contributed by atoms with E-state index in [0.29, 0.717) is 16.9 Å². The molecule has 2 aliphatic rings. The van der Waals surface area contributed by atoms with E-state index in [-0.39, 0.29) is 0 Å². The van der Waals surface area contributed by atoms with E-state index in [1.54, 1.807) is 0 Å². The summed E-state index contributed by atoms with van der Waals surface area (Å²) in [5.74, 6) is 0.909. The summed E-state index contributed by atoms with van der Waals surface area (Å²) in [6, 6.07) is 0. The van der Waals surface area contributed by atoms with E-state index >= 15 is 0 Å². The molecule has 2 bridgehead atoms. The van der Waals surface area contributed by atoms with Crippen molar-refractivity contribution < 1.29 is 4.74 Å². The van der Waals surface area contributed by atoms with E-state index < -0.39 is 0 Å². The highest BCUT2D eigenvalue weighted by atomic mass is 16.5. The smallest absolute Gasteiger partial charge is 0.0636 e. The third-order valence-corrected chi connectivity index (χ3v) is 6.53. The second-order valence-corrected chi connectivity index (χ2v) is 7.74. The molecule has 2 saturated carbocycles. The SMILES string of the molecule is CCCCCCCCOC1C[C@H]2CC[C@]1(C)C2(C)C. The predicted octanol–water partition coefficient (Wildman–Crippen LogP) is 5.58. The Labute approximate surface area is 120 Å². The number of unbranched alkanes of at least 4 members (excludes halogenated alkanes) is 5. The molecule has 0 heterocycles. The van der Waals surface area contributed by atoms with Gasteiger partial charge in [-0.3, -0.25) is 0 Å². The molecule has 0 N–H and O–H groups in total. The van der Waals surface area contributed by atoms with Crippen LogP contribution in [-0.4, -0.2) is 12.7 Å². The van der Waals surface area contributed by atoms with Crippen LogP contribution in [0.1, 0.15) is 85.5 Å². The standard InChI is InChI=1S/C18H34O/c1-5-6-7-8-9-10-13-19-16-14-15-11-12-18(16,4)17(15,2)3/h15-16H,5-14H2,1-4H3/t15-,16?,18+/m1/s1. The summed E-state index contributed by atoms with van der Waals surface area (Å²) in [7, 11) is 0. The van der Waals surface area contributed by atoms with Gasteiger partial charge in [0.05, 0.1) is 6.10 Å². The van der Waals surface area contributed by atoms with Crippen molar-refractivity contribution in [3.8, 4) is 0 Å². The minimum atomic E-state index is 0.444. The zero-order valence-electron chi connectivity index (χ0n) is 13.6. The summed E-state index contributed by atoms with van der Waals surface area (Å²) in [5.41, 5.74) is 0.943. The van der Waals surface area contributed by atoms with Gasteiger partial charge in [0.2, 0.25) is 0 Å². The van der Waals surface area contributed by atoms with Gasteiger partial charge in [0.15, 0.2) is 0 Å². The molecule has 0 spiro atoms. The molecular weight excluding hydrogens is 232 g/mol. The molecule has 1 unspecified atom stereocenters. The van der Waals surface area contributed by atoms with E-state index in [0.717, 1.165) is 12.5 Å². The van der Waals surface area contributed by atoms with Crippen molar-refractivity contribution in [2.75, 3.05) is 6.61 Å². The van der Waals surface area contributed by atoms with E-state index in [9.17, 15) is 0 Å². The fraction of sp³-hybridized carbons (Fsp3) is 1.00. The molecule has 2 aliphatic carbocycles. The Morgan fingerprint density at radius 3 is 2.26 bits per heavy atom. The van der Waals surface area contributed by atoms with Gasteiger partial charge in [-0.25, -0.2) is 0 Å². The van der Waals surface area contributed by atoms with Crippen molar-refractivity contribution in [2.24, 2.45) is 16.7 Å². The Morgan fingerprint density at radius 2 is 1.68 bits per heavy atom. The van der Waals surface area contributed by atoms with Crippen molar-refractivity contribution in [3.63, 3.8) is 0 Å². The van der Waals surface area contributed by atoms with Crippen LogP contribution in [0.15, 0.2) is 0 Å². The summed E-state index contributed by atoms with van der Waals surface area (Å²) in [5, 5.41) is 0. The molecule has 2 fully saturated rings. The van der Waals surface area contributed by atoms with Crippen LogP contribution in [0.3, 0.4) is 0 Å². The monoisotopic (exact) mass is 266 g/mol. The van der Waals surface area contributed by atoms with Gasteiger partial charge >= 0.3 is 0 Å². The molecule has 3 atom stereocenters. The Bertz CT molecular complexity index is 283. The van der Waals surface area contributed by atoms with Crippen LogP contribution in [0, 0.1) is 16.7 Å². The molecule has 0 saturated heterocycles. The highest BCUT2D eigenvalue weighted by Gasteiger charge is 2.61. The fourth-order valence-corrected chi connectivity index (χ4v) is 4.49. The lowest BCUT2D eigenvalue weighted by atomic mass is 9.70. The molecule has 0 aromatic rings. The van der Waals surface area contributed by atoms with Crippen molar-refractivity contribution >= 4 is 0 Å². The van der Waals surface area contributed by atoms with Gasteiger partial charge in [-0.15, -0.1) is 0 Å². The summed E-state index contributed by atoms with van der Waals surface area (Å²) in [6.07, 6.45) is 12.8. The van der Waals surface area contributed by atoms with Crippen LogP contribution in [0.2, 0.25) is 0 Å². The Hall–Kier alpha value is -0.0400. The highest BCUT2D eigenvalue weighted by molar-refractivity contribution is 5.11. The first kappa shape index (κ1) is 15.4. The molecule has 112 valence electrons.